The first kappa shape index (κ1) is 47.8. The van der Waals surface area contributed by atoms with E-state index in [-0.39, 0.29) is 35.4 Å². The maximum Gasteiger partial charge on any atom is 0.317 e. The zero-order valence-electron chi connectivity index (χ0n) is 34.4. The Morgan fingerprint density at radius 2 is 1.48 bits per heavy atom. The predicted octanol–water partition coefficient (Wildman–Crippen LogP) is 9.46. The quantitative estimate of drug-likeness (QED) is 0.0146. The van der Waals surface area contributed by atoms with Crippen LogP contribution >= 0.6 is 31.9 Å². The molecule has 4 N–H and O–H groups in total. The van der Waals surface area contributed by atoms with Gasteiger partial charge in [0.15, 0.2) is 5.78 Å². The first-order chi connectivity index (χ1) is 29.7. The number of thiol groups is 1. The van der Waals surface area contributed by atoms with Crippen LogP contribution in [0.2, 0.25) is 0 Å². The number of Topliss-reactive ketones (excluding diaryl/α,β-unsaturated/α-hetero) is 1. The van der Waals surface area contributed by atoms with Crippen molar-refractivity contribution in [2.24, 2.45) is 10.2 Å². The number of hydrogen-bond acceptors (Lipinski definition) is 12. The molecule has 5 rings (SSSR count). The number of thioether (sulfide) groups is 1. The highest BCUT2D eigenvalue weighted by atomic mass is 32.2. The van der Waals surface area contributed by atoms with Gasteiger partial charge in [-0.15, -0.1) is 11.8 Å². The number of carbonyl (C=O) groups excluding carboxylic acids is 3. The molecule has 2 unspecified atom stereocenters. The summed E-state index contributed by atoms with van der Waals surface area (Å²) in [5.41, 5.74) is 4.36. The van der Waals surface area contributed by atoms with Crippen LogP contribution in [-0.2, 0) is 30.4 Å². The van der Waals surface area contributed by atoms with Crippen LogP contribution in [-0.4, -0.2) is 75.4 Å². The molecule has 0 aromatic heterocycles. The first-order valence-electron chi connectivity index (χ1n) is 19.6. The number of anilines is 2. The molecule has 62 heavy (non-hydrogen) atoms. The molecule has 0 radical (unpaired) electrons. The van der Waals surface area contributed by atoms with Gasteiger partial charge >= 0.3 is 7.52 Å². The maximum absolute atomic E-state index is 13.8. The number of nitrogens with zero attached hydrogens (tertiary/aromatic N) is 3. The molecule has 0 aliphatic heterocycles. The maximum atomic E-state index is 13.8. The van der Waals surface area contributed by atoms with Crippen molar-refractivity contribution in [3.05, 3.63) is 137 Å². The van der Waals surface area contributed by atoms with Crippen molar-refractivity contribution in [1.29, 1.82) is 0 Å². The van der Waals surface area contributed by atoms with E-state index in [9.17, 15) is 31.9 Å². The molecule has 18 heteroatoms. The minimum absolute atomic E-state index is 0.142. The lowest BCUT2D eigenvalue weighted by atomic mass is 10.0. The Hall–Kier alpha value is -5.29. The van der Waals surface area contributed by atoms with Gasteiger partial charge in [-0.25, -0.2) is 0 Å². The largest absolute Gasteiger partial charge is 0.378 e. The zero-order chi connectivity index (χ0) is 44.7. The lowest BCUT2D eigenvalue weighted by Crippen LogP contribution is -2.42. The lowest BCUT2D eigenvalue weighted by molar-refractivity contribution is -0.120. The van der Waals surface area contributed by atoms with E-state index in [0.29, 0.717) is 64.1 Å². The molecule has 0 fully saturated rings. The molecular formula is C44H49N6O8PS3. The van der Waals surface area contributed by atoms with Crippen molar-refractivity contribution >= 4 is 93.1 Å². The van der Waals surface area contributed by atoms with Gasteiger partial charge in [-0.3, -0.25) is 23.5 Å². The summed E-state index contributed by atoms with van der Waals surface area (Å²) in [6.45, 7) is 2.21. The van der Waals surface area contributed by atoms with Crippen LogP contribution in [0.25, 0.3) is 10.8 Å². The molecule has 0 saturated heterocycles. The summed E-state index contributed by atoms with van der Waals surface area (Å²) in [5.74, 6) is 0.936. The molecule has 2 amide bonds. The van der Waals surface area contributed by atoms with E-state index in [0.717, 1.165) is 11.3 Å². The predicted molar refractivity (Wildman–Crippen MR) is 251 cm³/mol. The van der Waals surface area contributed by atoms with Gasteiger partial charge in [0.1, 0.15) is 4.90 Å². The highest BCUT2D eigenvalue weighted by Gasteiger charge is 2.23. The monoisotopic (exact) mass is 916 g/mol. The number of rotatable bonds is 22. The highest BCUT2D eigenvalue weighted by Crippen LogP contribution is 2.48. The van der Waals surface area contributed by atoms with Gasteiger partial charge in [-0.2, -0.15) is 31.3 Å². The SMILES string of the molecule is CCOP(=O)(/C=C\SCC(NC(=O)c1ccc(N=Nc2ccc(N(C)C)cc2)cc1)C(=O)CCS)Nc1ccc(C(=O)NCCCc2cccc3c(S(=O)(=O)O)cccc23)cc1. The third-order valence-corrected chi connectivity index (χ3v) is 13.3. The van der Waals surface area contributed by atoms with Crippen molar-refractivity contribution < 1.29 is 36.4 Å². The number of hydrogen-bond donors (Lipinski definition) is 5. The van der Waals surface area contributed by atoms with Gasteiger partial charge in [-0.1, -0.05) is 30.3 Å². The molecule has 0 heterocycles. The van der Waals surface area contributed by atoms with Gasteiger partial charge in [0.25, 0.3) is 21.9 Å². The summed E-state index contributed by atoms with van der Waals surface area (Å²) in [7, 11) is -4.04. The van der Waals surface area contributed by atoms with Crippen molar-refractivity contribution in [1.82, 2.24) is 10.6 Å². The second kappa shape index (κ2) is 22.7. The van der Waals surface area contributed by atoms with E-state index < -0.39 is 29.6 Å². The lowest BCUT2D eigenvalue weighted by Gasteiger charge is -2.18. The normalized spacial score (nSPS) is 13.2. The van der Waals surface area contributed by atoms with Crippen LogP contribution in [0.5, 0.6) is 0 Å². The Bertz CT molecular complexity index is 2560. The van der Waals surface area contributed by atoms with E-state index in [1.165, 1.54) is 23.6 Å². The second-order valence-corrected chi connectivity index (χ2v) is 18.8. The molecule has 0 saturated carbocycles. The average Bonchev–Trinajstić information content (AvgIpc) is 3.25. The molecule has 0 aliphatic rings. The Balaban J connectivity index is 1.12. The number of fused-ring (bicyclic) bond motifs is 1. The Kier molecular flexibility index (Phi) is 17.5. The fourth-order valence-electron chi connectivity index (χ4n) is 6.18. The zero-order valence-corrected chi connectivity index (χ0v) is 37.9. The van der Waals surface area contributed by atoms with E-state index in [2.05, 4.69) is 38.6 Å². The third-order valence-electron chi connectivity index (χ3n) is 9.36. The van der Waals surface area contributed by atoms with E-state index in [1.54, 1.807) is 85.1 Å². The van der Waals surface area contributed by atoms with Crippen LogP contribution < -0.4 is 20.6 Å². The van der Waals surface area contributed by atoms with Crippen molar-refractivity contribution in [3.8, 4) is 0 Å². The van der Waals surface area contributed by atoms with Gasteiger partial charge in [-0.05, 0) is 121 Å². The minimum atomic E-state index is -4.38. The number of amides is 2. The number of carbonyl (C=O) groups is 3. The summed E-state index contributed by atoms with van der Waals surface area (Å²) in [4.78, 5) is 40.9. The number of azo groups is 1. The van der Waals surface area contributed by atoms with Gasteiger partial charge < -0.3 is 25.1 Å². The number of benzene rings is 5. The highest BCUT2D eigenvalue weighted by molar-refractivity contribution is 8.02. The molecule has 2 atom stereocenters. The summed E-state index contributed by atoms with van der Waals surface area (Å²) in [6.07, 6.45) is 1.29. The fraction of sp³-hybridized carbons (Fsp3) is 0.250. The smallest absolute Gasteiger partial charge is 0.317 e. The summed E-state index contributed by atoms with van der Waals surface area (Å²) >= 11 is 5.38. The van der Waals surface area contributed by atoms with E-state index >= 15 is 0 Å². The van der Waals surface area contributed by atoms with E-state index in [1.807, 2.05) is 49.3 Å². The number of ketones is 1. The average molecular weight is 917 g/mol. The van der Waals surface area contributed by atoms with Crippen LogP contribution in [0.4, 0.5) is 22.7 Å². The fourth-order valence-corrected chi connectivity index (χ4v) is 9.78. The summed E-state index contributed by atoms with van der Waals surface area (Å²) in [5, 5.41) is 19.8. The van der Waals surface area contributed by atoms with E-state index in [4.69, 9.17) is 4.52 Å². The number of nitrogens with one attached hydrogen (secondary N) is 3. The topological polar surface area (TPSA) is 196 Å². The standard InChI is InChI=1S/C44H49N6O8PS3/c1-4-58-59(54,49-36-19-15-32(16-20-36)43(52)45-26-7-9-31-8-5-11-39-38(31)10-6-12-42(39)62(55,56)57)27-29-61-30-40(41(51)25-28-60)46-44(53)33-13-17-34(18-14-33)47-48-35-21-23-37(24-22-35)50(2)3/h5-6,8,10-24,27,29,40,60H,4,7,9,25-26,28,30H2,1-3H3,(H,45,52)(H,46,53)(H,49,54)(H,55,56,57)/b29-27-,48-47?. The minimum Gasteiger partial charge on any atom is -0.378 e. The Labute approximate surface area is 371 Å². The van der Waals surface area contributed by atoms with Crippen LogP contribution in [0, 0.1) is 0 Å². The van der Waals surface area contributed by atoms with Crippen molar-refractivity contribution in [2.75, 3.05) is 48.7 Å². The first-order valence-corrected chi connectivity index (χ1v) is 24.4. The molecule has 5 aromatic rings. The van der Waals surface area contributed by atoms with Crippen molar-refractivity contribution in [3.63, 3.8) is 0 Å². The second-order valence-electron chi connectivity index (χ2n) is 14.0. The summed E-state index contributed by atoms with van der Waals surface area (Å²) < 4.78 is 52.6. The molecule has 0 spiro atoms. The van der Waals surface area contributed by atoms with Gasteiger partial charge in [0.2, 0.25) is 0 Å². The molecule has 0 bridgehead atoms. The van der Waals surface area contributed by atoms with Crippen molar-refractivity contribution in [2.45, 2.75) is 37.1 Å². The third kappa shape index (κ3) is 13.9. The summed E-state index contributed by atoms with van der Waals surface area (Å²) in [6, 6.07) is 29.7. The molecular weight excluding hydrogens is 868 g/mol. The molecule has 0 aliphatic carbocycles. The Morgan fingerprint density at radius 3 is 2.11 bits per heavy atom. The van der Waals surface area contributed by atoms with Gasteiger partial charge in [0, 0.05) is 66.5 Å². The van der Waals surface area contributed by atoms with Crippen LogP contribution in [0.3, 0.4) is 0 Å². The molecule has 14 nitrogen and oxygen atoms in total. The number of aryl methyl sites for hydroxylation is 1. The Morgan fingerprint density at radius 1 is 0.871 bits per heavy atom. The molecule has 5 aromatic carbocycles. The van der Waals surface area contributed by atoms with Crippen LogP contribution in [0.15, 0.2) is 136 Å². The van der Waals surface area contributed by atoms with Gasteiger partial charge in [0.05, 0.1) is 24.0 Å². The van der Waals surface area contributed by atoms with Crippen LogP contribution in [0.1, 0.15) is 46.0 Å². The molecule has 326 valence electrons.